The Morgan fingerprint density at radius 3 is 2.59 bits per heavy atom. The van der Waals surface area contributed by atoms with Crippen molar-refractivity contribution in [1.29, 1.82) is 0 Å². The van der Waals surface area contributed by atoms with E-state index in [1.807, 2.05) is 31.2 Å². The minimum atomic E-state index is -0.402. The van der Waals surface area contributed by atoms with E-state index in [9.17, 15) is 9.59 Å². The van der Waals surface area contributed by atoms with E-state index in [1.54, 1.807) is 24.3 Å². The highest BCUT2D eigenvalue weighted by atomic mass is 16.5. The molecule has 2 aromatic carbocycles. The number of urea groups is 1. The predicted octanol–water partition coefficient (Wildman–Crippen LogP) is 3.24. The Bertz CT molecular complexity index is 683. The first kappa shape index (κ1) is 15.6. The molecule has 0 saturated heterocycles. The van der Waals surface area contributed by atoms with Crippen molar-refractivity contribution in [3.05, 3.63) is 59.7 Å². The third kappa shape index (κ3) is 4.63. The molecule has 2 rings (SSSR count). The van der Waals surface area contributed by atoms with Gasteiger partial charge < -0.3 is 15.4 Å². The van der Waals surface area contributed by atoms with Crippen LogP contribution in [0.4, 0.5) is 10.5 Å². The van der Waals surface area contributed by atoms with Crippen molar-refractivity contribution in [2.45, 2.75) is 20.4 Å². The summed E-state index contributed by atoms with van der Waals surface area (Å²) in [7, 11) is 0. The van der Waals surface area contributed by atoms with Gasteiger partial charge in [-0.05, 0) is 30.2 Å². The summed E-state index contributed by atoms with van der Waals surface area (Å²) in [5.41, 5.74) is 2.74. The zero-order valence-corrected chi connectivity index (χ0v) is 12.6. The number of aryl methyl sites for hydroxylation is 1. The van der Waals surface area contributed by atoms with Crippen molar-refractivity contribution in [1.82, 2.24) is 5.32 Å². The topological polar surface area (TPSA) is 67.4 Å². The number of carbonyl (C=O) groups excluding carboxylic acids is 2. The molecule has 22 heavy (non-hydrogen) atoms. The lowest BCUT2D eigenvalue weighted by Gasteiger charge is -2.10. The zero-order valence-electron chi connectivity index (χ0n) is 12.6. The van der Waals surface area contributed by atoms with Crippen LogP contribution in [0.1, 0.15) is 18.1 Å². The summed E-state index contributed by atoms with van der Waals surface area (Å²) in [5.74, 6) is -0.00893. The van der Waals surface area contributed by atoms with Crippen molar-refractivity contribution in [2.75, 3.05) is 5.32 Å². The van der Waals surface area contributed by atoms with Crippen molar-refractivity contribution in [3.63, 3.8) is 0 Å². The molecule has 0 atom stereocenters. The molecule has 2 aromatic rings. The molecule has 0 heterocycles. The SMILES string of the molecule is CC(=O)Oc1cccc(NC(=O)NCc2ccccc2C)c1. The lowest BCUT2D eigenvalue weighted by Crippen LogP contribution is -2.28. The molecule has 0 radical (unpaired) electrons. The van der Waals surface area contributed by atoms with Gasteiger partial charge in [-0.2, -0.15) is 0 Å². The van der Waals surface area contributed by atoms with Gasteiger partial charge in [-0.1, -0.05) is 30.3 Å². The van der Waals surface area contributed by atoms with E-state index in [1.165, 1.54) is 6.92 Å². The molecular weight excluding hydrogens is 280 g/mol. The Morgan fingerprint density at radius 2 is 1.86 bits per heavy atom. The molecule has 0 aliphatic rings. The number of benzene rings is 2. The highest BCUT2D eigenvalue weighted by Crippen LogP contribution is 2.17. The Hall–Kier alpha value is -2.82. The standard InChI is InChI=1S/C17H18N2O3/c1-12-6-3-4-7-14(12)11-18-17(21)19-15-8-5-9-16(10-15)22-13(2)20/h3-10H,11H2,1-2H3,(H2,18,19,21). The van der Waals surface area contributed by atoms with Gasteiger partial charge >= 0.3 is 12.0 Å². The van der Waals surface area contributed by atoms with E-state index in [0.29, 0.717) is 18.0 Å². The zero-order chi connectivity index (χ0) is 15.9. The van der Waals surface area contributed by atoms with Gasteiger partial charge in [-0.25, -0.2) is 4.79 Å². The maximum Gasteiger partial charge on any atom is 0.319 e. The fraction of sp³-hybridized carbons (Fsp3) is 0.176. The van der Waals surface area contributed by atoms with Gasteiger partial charge in [0.2, 0.25) is 0 Å². The molecule has 114 valence electrons. The third-order valence-electron chi connectivity index (χ3n) is 3.05. The summed E-state index contributed by atoms with van der Waals surface area (Å²) in [5, 5.41) is 5.49. The van der Waals surface area contributed by atoms with Crippen LogP contribution in [-0.4, -0.2) is 12.0 Å². The van der Waals surface area contributed by atoms with Crippen LogP contribution >= 0.6 is 0 Å². The first-order valence-corrected chi connectivity index (χ1v) is 6.92. The molecular formula is C17H18N2O3. The molecule has 0 aliphatic carbocycles. The highest BCUT2D eigenvalue weighted by molar-refractivity contribution is 5.89. The van der Waals surface area contributed by atoms with E-state index < -0.39 is 5.97 Å². The van der Waals surface area contributed by atoms with Gasteiger partial charge in [0.15, 0.2) is 0 Å². The summed E-state index contributed by atoms with van der Waals surface area (Å²) in [6.07, 6.45) is 0. The molecule has 0 spiro atoms. The van der Waals surface area contributed by atoms with Gasteiger partial charge in [-0.3, -0.25) is 4.79 Å². The van der Waals surface area contributed by atoms with Gasteiger partial charge in [0, 0.05) is 25.2 Å². The quantitative estimate of drug-likeness (QED) is 0.672. The molecule has 5 nitrogen and oxygen atoms in total. The number of amides is 2. The van der Waals surface area contributed by atoms with Crippen LogP contribution < -0.4 is 15.4 Å². The monoisotopic (exact) mass is 298 g/mol. The highest BCUT2D eigenvalue weighted by Gasteiger charge is 2.05. The average Bonchev–Trinajstić information content (AvgIpc) is 2.46. The van der Waals surface area contributed by atoms with Crippen molar-refractivity contribution >= 4 is 17.7 Å². The number of rotatable bonds is 4. The number of hydrogen-bond donors (Lipinski definition) is 2. The maximum atomic E-state index is 11.9. The smallest absolute Gasteiger partial charge is 0.319 e. The summed E-state index contributed by atoms with van der Waals surface area (Å²) in [4.78, 5) is 22.8. The number of nitrogens with one attached hydrogen (secondary N) is 2. The van der Waals surface area contributed by atoms with Gasteiger partial charge in [-0.15, -0.1) is 0 Å². The number of anilines is 1. The first-order chi connectivity index (χ1) is 10.5. The van der Waals surface area contributed by atoms with Crippen LogP contribution in [0.15, 0.2) is 48.5 Å². The van der Waals surface area contributed by atoms with Crippen molar-refractivity contribution in [2.24, 2.45) is 0 Å². The molecule has 0 bridgehead atoms. The van der Waals surface area contributed by atoms with Crippen LogP contribution in [0, 0.1) is 6.92 Å². The minimum absolute atomic E-state index is 0.316. The Morgan fingerprint density at radius 1 is 1.09 bits per heavy atom. The largest absolute Gasteiger partial charge is 0.427 e. The average molecular weight is 298 g/mol. The molecule has 0 fully saturated rings. The van der Waals surface area contributed by atoms with Gasteiger partial charge in [0.25, 0.3) is 0 Å². The fourth-order valence-corrected chi connectivity index (χ4v) is 1.96. The van der Waals surface area contributed by atoms with Crippen LogP contribution in [0.5, 0.6) is 5.75 Å². The molecule has 2 N–H and O–H groups in total. The lowest BCUT2D eigenvalue weighted by atomic mass is 10.1. The maximum absolute atomic E-state index is 11.9. The normalized spacial score (nSPS) is 9.91. The van der Waals surface area contributed by atoms with E-state index in [0.717, 1.165) is 11.1 Å². The van der Waals surface area contributed by atoms with Crippen molar-refractivity contribution < 1.29 is 14.3 Å². The van der Waals surface area contributed by atoms with Crippen LogP contribution in [0.2, 0.25) is 0 Å². The fourth-order valence-electron chi connectivity index (χ4n) is 1.96. The molecule has 2 amide bonds. The number of esters is 1. The lowest BCUT2D eigenvalue weighted by molar-refractivity contribution is -0.131. The van der Waals surface area contributed by atoms with Gasteiger partial charge in [0.05, 0.1) is 0 Å². The molecule has 0 saturated carbocycles. The number of ether oxygens (including phenoxy) is 1. The summed E-state index contributed by atoms with van der Waals surface area (Å²) >= 11 is 0. The Balaban J connectivity index is 1.92. The Kier molecular flexibility index (Phi) is 5.14. The second-order valence-electron chi connectivity index (χ2n) is 4.86. The predicted molar refractivity (Wildman–Crippen MR) is 84.8 cm³/mol. The first-order valence-electron chi connectivity index (χ1n) is 6.92. The molecule has 0 aromatic heterocycles. The van der Waals surface area contributed by atoms with Crippen molar-refractivity contribution in [3.8, 4) is 5.75 Å². The summed E-state index contributed by atoms with van der Waals surface area (Å²) < 4.78 is 4.97. The number of hydrogen-bond acceptors (Lipinski definition) is 3. The minimum Gasteiger partial charge on any atom is -0.427 e. The molecule has 0 aliphatic heterocycles. The molecule has 0 unspecified atom stereocenters. The van der Waals surface area contributed by atoms with E-state index >= 15 is 0 Å². The van der Waals surface area contributed by atoms with Gasteiger partial charge in [0.1, 0.15) is 5.75 Å². The van der Waals surface area contributed by atoms with Crippen LogP contribution in [0.25, 0.3) is 0 Å². The third-order valence-corrected chi connectivity index (χ3v) is 3.05. The van der Waals surface area contributed by atoms with E-state index in [-0.39, 0.29) is 6.03 Å². The summed E-state index contributed by atoms with van der Waals surface area (Å²) in [6, 6.07) is 14.2. The summed E-state index contributed by atoms with van der Waals surface area (Å²) in [6.45, 7) is 3.77. The van der Waals surface area contributed by atoms with E-state index in [2.05, 4.69) is 10.6 Å². The number of carbonyl (C=O) groups is 2. The second-order valence-corrected chi connectivity index (χ2v) is 4.86. The van der Waals surface area contributed by atoms with E-state index in [4.69, 9.17) is 4.74 Å². The Labute approximate surface area is 129 Å². The second kappa shape index (κ2) is 7.26. The van der Waals surface area contributed by atoms with Crippen LogP contribution in [-0.2, 0) is 11.3 Å². The van der Waals surface area contributed by atoms with Crippen LogP contribution in [0.3, 0.4) is 0 Å². The molecule has 5 heteroatoms.